The van der Waals surface area contributed by atoms with Gasteiger partial charge in [-0.15, -0.1) is 0 Å². The molecule has 1 aliphatic heterocycles. The quantitative estimate of drug-likeness (QED) is 0.593. The number of aromatic nitrogens is 4. The van der Waals surface area contributed by atoms with Crippen LogP contribution in [0.3, 0.4) is 0 Å². The van der Waals surface area contributed by atoms with Crippen molar-refractivity contribution in [3.63, 3.8) is 0 Å². The van der Waals surface area contributed by atoms with Gasteiger partial charge in [0.15, 0.2) is 5.65 Å². The van der Waals surface area contributed by atoms with E-state index in [4.69, 9.17) is 15.6 Å². The van der Waals surface area contributed by atoms with E-state index in [1.54, 1.807) is 13.2 Å². The highest BCUT2D eigenvalue weighted by Gasteiger charge is 2.30. The third-order valence-electron chi connectivity index (χ3n) is 5.75. The number of likely N-dealkylation sites (N-methyl/N-ethyl adjacent to an activating group) is 1. The SMILES string of the molecule is COc1cc(-c2nn(C3CCN(C(=O)C=CCN(C)C)C3)c3ncnc(N)c23)ccc1C. The van der Waals surface area contributed by atoms with Crippen LogP contribution in [0.4, 0.5) is 5.82 Å². The molecule has 0 aliphatic carbocycles. The molecular weight excluding hydrogens is 406 g/mol. The van der Waals surface area contributed by atoms with Crippen molar-refractivity contribution in [3.8, 4) is 17.0 Å². The molecule has 1 saturated heterocycles. The van der Waals surface area contributed by atoms with Gasteiger partial charge >= 0.3 is 0 Å². The van der Waals surface area contributed by atoms with Gasteiger partial charge in [0.25, 0.3) is 0 Å². The average molecular weight is 436 g/mol. The number of methoxy groups -OCH3 is 1. The molecule has 32 heavy (non-hydrogen) atoms. The molecule has 1 fully saturated rings. The summed E-state index contributed by atoms with van der Waals surface area (Å²) in [6.45, 7) is 3.97. The summed E-state index contributed by atoms with van der Waals surface area (Å²) in [7, 11) is 5.59. The topological polar surface area (TPSA) is 102 Å². The van der Waals surface area contributed by atoms with Crippen molar-refractivity contribution in [3.05, 3.63) is 42.2 Å². The van der Waals surface area contributed by atoms with E-state index in [1.807, 2.05) is 59.8 Å². The molecule has 0 saturated carbocycles. The van der Waals surface area contributed by atoms with Crippen molar-refractivity contribution in [1.29, 1.82) is 0 Å². The molecule has 0 bridgehead atoms. The molecule has 1 amide bonds. The van der Waals surface area contributed by atoms with Gasteiger partial charge in [0.05, 0.1) is 18.5 Å². The molecule has 1 aliphatic rings. The highest BCUT2D eigenvalue weighted by atomic mass is 16.5. The van der Waals surface area contributed by atoms with Crippen LogP contribution < -0.4 is 10.5 Å². The molecule has 1 unspecified atom stereocenters. The number of nitrogens with zero attached hydrogens (tertiary/aromatic N) is 6. The van der Waals surface area contributed by atoms with Crippen molar-refractivity contribution in [1.82, 2.24) is 29.5 Å². The van der Waals surface area contributed by atoms with Crippen molar-refractivity contribution in [2.24, 2.45) is 0 Å². The van der Waals surface area contributed by atoms with Gasteiger partial charge < -0.3 is 20.3 Å². The van der Waals surface area contributed by atoms with Crippen LogP contribution in [-0.2, 0) is 4.79 Å². The minimum atomic E-state index is 0.0130. The van der Waals surface area contributed by atoms with E-state index in [9.17, 15) is 4.79 Å². The van der Waals surface area contributed by atoms with Crippen LogP contribution in [0.1, 0.15) is 18.0 Å². The summed E-state index contributed by atoms with van der Waals surface area (Å²) in [4.78, 5) is 25.1. The normalized spacial score (nSPS) is 16.5. The summed E-state index contributed by atoms with van der Waals surface area (Å²) in [6.07, 6.45) is 5.78. The van der Waals surface area contributed by atoms with Crippen LogP contribution in [-0.4, -0.2) is 76.3 Å². The first-order valence-electron chi connectivity index (χ1n) is 10.6. The molecule has 0 radical (unpaired) electrons. The molecule has 2 aromatic heterocycles. The standard InChI is InChI=1S/C23H29N7O2/c1-15-7-8-16(12-18(15)32-4)21-20-22(24)25-14-26-23(20)30(27-21)17-9-11-29(13-17)19(31)6-5-10-28(2)3/h5-8,12,14,17H,9-11,13H2,1-4H3,(H2,24,25,26). The van der Waals surface area contributed by atoms with Gasteiger partial charge in [-0.25, -0.2) is 14.6 Å². The van der Waals surface area contributed by atoms with Gasteiger partial charge in [-0.3, -0.25) is 4.79 Å². The largest absolute Gasteiger partial charge is 0.496 e. The number of benzene rings is 1. The number of rotatable bonds is 6. The number of nitrogens with two attached hydrogens (primary N) is 1. The number of hydrogen-bond donors (Lipinski definition) is 1. The number of likely N-dealkylation sites (tertiary alicyclic amines) is 1. The van der Waals surface area contributed by atoms with E-state index < -0.39 is 0 Å². The number of ether oxygens (including phenoxy) is 1. The third kappa shape index (κ3) is 4.16. The molecule has 168 valence electrons. The zero-order valence-electron chi connectivity index (χ0n) is 18.9. The Hall–Kier alpha value is -3.46. The highest BCUT2D eigenvalue weighted by Crippen LogP contribution is 2.35. The second kappa shape index (κ2) is 8.96. The van der Waals surface area contributed by atoms with Crippen LogP contribution in [0, 0.1) is 6.92 Å². The molecule has 9 heteroatoms. The molecule has 3 heterocycles. The Morgan fingerprint density at radius 3 is 2.91 bits per heavy atom. The van der Waals surface area contributed by atoms with Gasteiger partial charge in [0.1, 0.15) is 23.6 Å². The average Bonchev–Trinajstić information content (AvgIpc) is 3.39. The first-order chi connectivity index (χ1) is 15.4. The molecule has 1 aromatic carbocycles. The number of fused-ring (bicyclic) bond motifs is 1. The lowest BCUT2D eigenvalue weighted by atomic mass is 10.1. The Bertz CT molecular complexity index is 1170. The summed E-state index contributed by atoms with van der Waals surface area (Å²) in [5.41, 5.74) is 9.56. The van der Waals surface area contributed by atoms with Gasteiger partial charge in [0, 0.05) is 31.3 Å². The first kappa shape index (κ1) is 21.8. The van der Waals surface area contributed by atoms with Crippen molar-refractivity contribution in [2.75, 3.05) is 46.6 Å². The van der Waals surface area contributed by atoms with Crippen molar-refractivity contribution in [2.45, 2.75) is 19.4 Å². The molecular formula is C23H29N7O2. The minimum Gasteiger partial charge on any atom is -0.496 e. The number of hydrogen-bond acceptors (Lipinski definition) is 7. The fraction of sp³-hybridized carbons (Fsp3) is 0.391. The smallest absolute Gasteiger partial charge is 0.246 e. The van der Waals surface area contributed by atoms with E-state index in [2.05, 4.69) is 9.97 Å². The maximum Gasteiger partial charge on any atom is 0.246 e. The Kier molecular flexibility index (Phi) is 6.09. The van der Waals surface area contributed by atoms with Crippen molar-refractivity contribution >= 4 is 22.8 Å². The molecule has 9 nitrogen and oxygen atoms in total. The Morgan fingerprint density at radius 1 is 1.34 bits per heavy atom. The lowest BCUT2D eigenvalue weighted by molar-refractivity contribution is -0.125. The van der Waals surface area contributed by atoms with Crippen LogP contribution >= 0.6 is 0 Å². The van der Waals surface area contributed by atoms with Gasteiger partial charge in [-0.05, 0) is 39.1 Å². The van der Waals surface area contributed by atoms with Gasteiger partial charge in [-0.2, -0.15) is 5.10 Å². The predicted molar refractivity (Wildman–Crippen MR) is 124 cm³/mol. The number of aryl methyl sites for hydroxylation is 1. The highest BCUT2D eigenvalue weighted by molar-refractivity contribution is 5.98. The van der Waals surface area contributed by atoms with E-state index >= 15 is 0 Å². The number of anilines is 1. The lowest BCUT2D eigenvalue weighted by Gasteiger charge is -2.15. The summed E-state index contributed by atoms with van der Waals surface area (Å²) in [5, 5.41) is 5.62. The fourth-order valence-electron chi connectivity index (χ4n) is 4.03. The molecule has 0 spiro atoms. The monoisotopic (exact) mass is 435 g/mol. The number of amides is 1. The maximum absolute atomic E-state index is 12.6. The van der Waals surface area contributed by atoms with Crippen molar-refractivity contribution < 1.29 is 9.53 Å². The van der Waals surface area contributed by atoms with Crippen LogP contribution in [0.15, 0.2) is 36.7 Å². The molecule has 3 aromatic rings. The van der Waals surface area contributed by atoms with Gasteiger partial charge in [0.2, 0.25) is 5.91 Å². The van der Waals surface area contributed by atoms with Gasteiger partial charge in [-0.1, -0.05) is 18.2 Å². The Morgan fingerprint density at radius 2 is 2.16 bits per heavy atom. The Balaban J connectivity index is 1.67. The number of carbonyl (C=O) groups excluding carboxylic acids is 1. The van der Waals surface area contributed by atoms with E-state index in [0.717, 1.165) is 29.8 Å². The third-order valence-corrected chi connectivity index (χ3v) is 5.75. The van der Waals surface area contributed by atoms with E-state index in [0.29, 0.717) is 35.6 Å². The predicted octanol–water partition coefficient (Wildman–Crippen LogP) is 2.28. The van der Waals surface area contributed by atoms with E-state index in [1.165, 1.54) is 6.33 Å². The zero-order valence-corrected chi connectivity index (χ0v) is 18.9. The summed E-state index contributed by atoms with van der Waals surface area (Å²) >= 11 is 0. The summed E-state index contributed by atoms with van der Waals surface area (Å²) < 4.78 is 7.39. The number of carbonyl (C=O) groups is 1. The summed E-state index contributed by atoms with van der Waals surface area (Å²) in [5.74, 6) is 1.18. The Labute approximate surface area is 187 Å². The maximum atomic E-state index is 12.6. The van der Waals surface area contributed by atoms with Crippen LogP contribution in [0.2, 0.25) is 0 Å². The van der Waals surface area contributed by atoms with E-state index in [-0.39, 0.29) is 11.9 Å². The second-order valence-electron chi connectivity index (χ2n) is 8.33. The zero-order chi connectivity index (χ0) is 22.8. The first-order valence-corrected chi connectivity index (χ1v) is 10.6. The fourth-order valence-corrected chi connectivity index (χ4v) is 4.03. The minimum absolute atomic E-state index is 0.0130. The lowest BCUT2D eigenvalue weighted by Crippen LogP contribution is -2.28. The molecule has 4 rings (SSSR count). The number of nitrogen functional groups attached to an aromatic ring is 1. The summed E-state index contributed by atoms with van der Waals surface area (Å²) in [6, 6.07) is 5.96. The second-order valence-corrected chi connectivity index (χ2v) is 8.33. The molecule has 1 atom stereocenters. The molecule has 2 N–H and O–H groups in total. The van der Waals surface area contributed by atoms with Crippen LogP contribution in [0.25, 0.3) is 22.3 Å². The van der Waals surface area contributed by atoms with Crippen LogP contribution in [0.5, 0.6) is 5.75 Å².